The molecule has 0 amide bonds. The van der Waals surface area contributed by atoms with Crippen molar-refractivity contribution in [2.45, 2.75) is 13.3 Å². The van der Waals surface area contributed by atoms with Crippen molar-refractivity contribution in [2.75, 3.05) is 37.6 Å². The second kappa shape index (κ2) is 7.56. The Labute approximate surface area is 164 Å². The van der Waals surface area contributed by atoms with E-state index in [1.165, 1.54) is 23.5 Å². The number of benzene rings is 1. The molecule has 0 N–H and O–H groups in total. The van der Waals surface area contributed by atoms with Gasteiger partial charge in [-0.3, -0.25) is 0 Å². The van der Waals surface area contributed by atoms with Crippen LogP contribution in [0.5, 0.6) is 5.75 Å². The summed E-state index contributed by atoms with van der Waals surface area (Å²) in [7, 11) is 0. The molecule has 0 bridgehead atoms. The van der Waals surface area contributed by atoms with Gasteiger partial charge < -0.3 is 14.5 Å². The Kier molecular flexibility index (Phi) is 5.11. The Balaban J connectivity index is 1.67. The molecule has 5 nitrogen and oxygen atoms in total. The summed E-state index contributed by atoms with van der Waals surface area (Å²) in [5, 5.41) is 2.92. The van der Waals surface area contributed by atoms with E-state index in [0.717, 1.165) is 59.9 Å². The van der Waals surface area contributed by atoms with Gasteiger partial charge in [-0.1, -0.05) is 19.1 Å². The molecular weight excluding hydrogens is 389 g/mol. The number of ether oxygens (including phenoxy) is 1. The van der Waals surface area contributed by atoms with Crippen molar-refractivity contribution in [1.29, 1.82) is 0 Å². The lowest BCUT2D eigenvalue weighted by Crippen LogP contribution is -2.46. The third kappa shape index (κ3) is 3.90. The minimum absolute atomic E-state index is 0.233. The van der Waals surface area contributed by atoms with Crippen molar-refractivity contribution in [3.8, 4) is 16.9 Å². The minimum atomic E-state index is -4.70. The van der Waals surface area contributed by atoms with E-state index in [9.17, 15) is 13.2 Å². The normalized spacial score (nSPS) is 15.9. The molecule has 3 aromatic rings. The highest BCUT2D eigenvalue weighted by Crippen LogP contribution is 2.38. The number of fused-ring (bicyclic) bond motifs is 1. The largest absolute Gasteiger partial charge is 0.573 e. The number of thiophene rings is 1. The van der Waals surface area contributed by atoms with Crippen LogP contribution >= 0.6 is 11.3 Å². The first kappa shape index (κ1) is 18.9. The Morgan fingerprint density at radius 3 is 2.43 bits per heavy atom. The molecule has 0 atom stereocenters. The highest BCUT2D eigenvalue weighted by Gasteiger charge is 2.31. The Bertz CT molecular complexity index is 950. The second-order valence-electron chi connectivity index (χ2n) is 6.52. The fourth-order valence-corrected chi connectivity index (χ4v) is 4.33. The van der Waals surface area contributed by atoms with Crippen LogP contribution in [0.15, 0.2) is 36.0 Å². The SMILES string of the molecule is CCN1CCN(c2ncnc3scc(-c4ccc(OC(F)(F)F)cc4)c23)CC1. The van der Waals surface area contributed by atoms with E-state index in [4.69, 9.17) is 0 Å². The van der Waals surface area contributed by atoms with Crippen LogP contribution in [0.1, 0.15) is 6.92 Å². The maximum Gasteiger partial charge on any atom is 0.573 e. The number of hydrogen-bond acceptors (Lipinski definition) is 6. The fourth-order valence-electron chi connectivity index (χ4n) is 3.42. The number of piperazine rings is 1. The number of nitrogens with zero attached hydrogens (tertiary/aromatic N) is 4. The maximum atomic E-state index is 12.4. The van der Waals surface area contributed by atoms with Gasteiger partial charge in [-0.15, -0.1) is 24.5 Å². The summed E-state index contributed by atoms with van der Waals surface area (Å²) in [6.45, 7) is 6.90. The summed E-state index contributed by atoms with van der Waals surface area (Å²) in [6.07, 6.45) is -3.12. The van der Waals surface area contributed by atoms with Crippen LogP contribution in [-0.4, -0.2) is 54.0 Å². The topological polar surface area (TPSA) is 41.5 Å². The molecule has 1 aliphatic rings. The molecule has 2 aromatic heterocycles. The van der Waals surface area contributed by atoms with Crippen molar-refractivity contribution in [2.24, 2.45) is 0 Å². The average Bonchev–Trinajstić information content (AvgIpc) is 3.12. The van der Waals surface area contributed by atoms with Gasteiger partial charge in [0.05, 0.1) is 5.39 Å². The van der Waals surface area contributed by atoms with Gasteiger partial charge in [0.15, 0.2) is 0 Å². The molecular formula is C19H19F3N4OS. The number of aromatic nitrogens is 2. The predicted octanol–water partition coefficient (Wildman–Crippen LogP) is 4.40. The minimum Gasteiger partial charge on any atom is -0.406 e. The summed E-state index contributed by atoms with van der Waals surface area (Å²) in [5.41, 5.74) is 1.73. The zero-order valence-corrected chi connectivity index (χ0v) is 16.1. The standard InChI is InChI=1S/C19H19F3N4OS/c1-2-25-7-9-26(10-8-25)17-16-15(11-28-18(16)24-12-23-17)13-3-5-14(6-4-13)27-19(20,21)22/h3-6,11-12H,2,7-10H2,1H3. The van der Waals surface area contributed by atoms with Crippen LogP contribution < -0.4 is 9.64 Å². The number of hydrogen-bond donors (Lipinski definition) is 0. The molecule has 1 aromatic carbocycles. The quantitative estimate of drug-likeness (QED) is 0.640. The van der Waals surface area contributed by atoms with Crippen LogP contribution in [0.3, 0.4) is 0 Å². The first-order valence-corrected chi connectivity index (χ1v) is 9.88. The van der Waals surface area contributed by atoms with Crippen molar-refractivity contribution in [3.63, 3.8) is 0 Å². The summed E-state index contributed by atoms with van der Waals surface area (Å²) in [6, 6.07) is 5.92. The number of halogens is 3. The molecule has 3 heterocycles. The van der Waals surface area contributed by atoms with Gasteiger partial charge >= 0.3 is 6.36 Å². The zero-order valence-electron chi connectivity index (χ0n) is 15.2. The van der Waals surface area contributed by atoms with E-state index in [0.29, 0.717) is 0 Å². The smallest absolute Gasteiger partial charge is 0.406 e. The number of alkyl halides is 3. The van der Waals surface area contributed by atoms with Crippen molar-refractivity contribution in [3.05, 3.63) is 36.0 Å². The predicted molar refractivity (Wildman–Crippen MR) is 104 cm³/mol. The van der Waals surface area contributed by atoms with Crippen molar-refractivity contribution in [1.82, 2.24) is 14.9 Å². The lowest BCUT2D eigenvalue weighted by atomic mass is 10.1. The van der Waals surface area contributed by atoms with Gasteiger partial charge in [-0.05, 0) is 24.2 Å². The van der Waals surface area contributed by atoms with Crippen LogP contribution in [0.4, 0.5) is 19.0 Å². The molecule has 0 saturated carbocycles. The van der Waals surface area contributed by atoms with E-state index >= 15 is 0 Å². The van der Waals surface area contributed by atoms with Crippen LogP contribution in [0, 0.1) is 0 Å². The van der Waals surface area contributed by atoms with E-state index in [1.807, 2.05) is 5.38 Å². The molecule has 1 fully saturated rings. The molecule has 4 rings (SSSR count). The highest BCUT2D eigenvalue weighted by atomic mass is 32.1. The summed E-state index contributed by atoms with van der Waals surface area (Å²) < 4.78 is 41.1. The molecule has 0 unspecified atom stereocenters. The highest BCUT2D eigenvalue weighted by molar-refractivity contribution is 7.17. The van der Waals surface area contributed by atoms with E-state index in [1.54, 1.807) is 18.5 Å². The third-order valence-electron chi connectivity index (χ3n) is 4.87. The van der Waals surface area contributed by atoms with Gasteiger partial charge in [0.2, 0.25) is 0 Å². The van der Waals surface area contributed by atoms with Gasteiger partial charge in [0.25, 0.3) is 0 Å². The van der Waals surface area contributed by atoms with Gasteiger partial charge in [0, 0.05) is 37.1 Å². The number of likely N-dealkylation sites (N-methyl/N-ethyl adjacent to an activating group) is 1. The lowest BCUT2D eigenvalue weighted by Gasteiger charge is -2.35. The van der Waals surface area contributed by atoms with E-state index in [-0.39, 0.29) is 5.75 Å². The second-order valence-corrected chi connectivity index (χ2v) is 7.38. The Hall–Kier alpha value is -2.39. The molecule has 0 radical (unpaired) electrons. The molecule has 28 heavy (non-hydrogen) atoms. The summed E-state index contributed by atoms with van der Waals surface area (Å²) in [4.78, 5) is 14.4. The van der Waals surface area contributed by atoms with Crippen LogP contribution in [-0.2, 0) is 0 Å². The van der Waals surface area contributed by atoms with Gasteiger partial charge in [-0.2, -0.15) is 0 Å². The van der Waals surface area contributed by atoms with E-state index in [2.05, 4.69) is 31.4 Å². The van der Waals surface area contributed by atoms with Crippen molar-refractivity contribution < 1.29 is 17.9 Å². The Morgan fingerprint density at radius 1 is 1.07 bits per heavy atom. The van der Waals surface area contributed by atoms with Crippen LogP contribution in [0.2, 0.25) is 0 Å². The maximum absolute atomic E-state index is 12.4. The summed E-state index contributed by atoms with van der Waals surface area (Å²) >= 11 is 1.51. The Morgan fingerprint density at radius 2 is 1.79 bits per heavy atom. The number of rotatable bonds is 4. The third-order valence-corrected chi connectivity index (χ3v) is 5.75. The van der Waals surface area contributed by atoms with Crippen LogP contribution in [0.25, 0.3) is 21.3 Å². The molecule has 1 saturated heterocycles. The lowest BCUT2D eigenvalue weighted by molar-refractivity contribution is -0.274. The molecule has 0 aliphatic carbocycles. The number of anilines is 1. The molecule has 0 spiro atoms. The monoisotopic (exact) mass is 408 g/mol. The zero-order chi connectivity index (χ0) is 19.7. The fraction of sp³-hybridized carbons (Fsp3) is 0.368. The first-order valence-electron chi connectivity index (χ1n) is 9.00. The van der Waals surface area contributed by atoms with E-state index < -0.39 is 6.36 Å². The summed E-state index contributed by atoms with van der Waals surface area (Å²) in [5.74, 6) is 0.649. The molecule has 9 heteroatoms. The average molecular weight is 408 g/mol. The molecule has 148 valence electrons. The van der Waals surface area contributed by atoms with Crippen molar-refractivity contribution >= 4 is 27.4 Å². The van der Waals surface area contributed by atoms with Gasteiger partial charge in [0.1, 0.15) is 22.7 Å². The van der Waals surface area contributed by atoms with Gasteiger partial charge in [-0.25, -0.2) is 9.97 Å². The first-order chi connectivity index (χ1) is 13.4. The molecule has 1 aliphatic heterocycles.